The number of nitriles is 1. The van der Waals surface area contributed by atoms with Gasteiger partial charge in [0, 0.05) is 34.6 Å². The molecule has 0 atom stereocenters. The molecule has 5 heteroatoms. The van der Waals surface area contributed by atoms with Gasteiger partial charge in [-0.3, -0.25) is 0 Å². The van der Waals surface area contributed by atoms with Crippen LogP contribution < -0.4 is 0 Å². The fraction of sp³-hybridized carbons (Fsp3) is 0.167. The Morgan fingerprint density at radius 2 is 1.87 bits per heavy atom. The first-order valence-corrected chi connectivity index (χ1v) is 9.17. The predicted molar refractivity (Wildman–Crippen MR) is 93.6 cm³/mol. The molecule has 0 radical (unpaired) electrons. The van der Waals surface area contributed by atoms with Crippen molar-refractivity contribution in [1.29, 1.82) is 5.26 Å². The van der Waals surface area contributed by atoms with E-state index in [0.717, 1.165) is 34.6 Å². The number of fused-ring (bicyclic) bond motifs is 3. The van der Waals surface area contributed by atoms with E-state index in [9.17, 15) is 8.42 Å². The minimum absolute atomic E-state index is 0.226. The average molecular weight is 324 g/mol. The normalized spacial score (nSPS) is 12.7. The van der Waals surface area contributed by atoms with Crippen LogP contribution in [0, 0.1) is 11.3 Å². The van der Waals surface area contributed by atoms with Crippen molar-refractivity contribution in [3.05, 3.63) is 52.9 Å². The summed E-state index contributed by atoms with van der Waals surface area (Å²) in [5, 5.41) is 11.2. The van der Waals surface area contributed by atoms with Crippen molar-refractivity contribution in [1.82, 2.24) is 4.57 Å². The summed E-state index contributed by atoms with van der Waals surface area (Å²) in [4.78, 5) is -0.226. The van der Waals surface area contributed by atoms with Gasteiger partial charge in [0.1, 0.15) is 11.0 Å². The highest BCUT2D eigenvalue weighted by molar-refractivity contribution is 7.95. The topological polar surface area (TPSA) is 62.9 Å². The van der Waals surface area contributed by atoms with Gasteiger partial charge >= 0.3 is 0 Å². The van der Waals surface area contributed by atoms with E-state index < -0.39 is 9.84 Å². The first-order chi connectivity index (χ1) is 11.0. The second-order valence-corrected chi connectivity index (χ2v) is 7.41. The summed E-state index contributed by atoms with van der Waals surface area (Å²) in [5.41, 5.74) is 2.96. The number of aromatic nitrogens is 1. The molecule has 0 aliphatic rings. The quantitative estimate of drug-likeness (QED) is 0.690. The van der Waals surface area contributed by atoms with E-state index in [2.05, 4.69) is 23.6 Å². The van der Waals surface area contributed by atoms with Gasteiger partial charge in [0.05, 0.1) is 0 Å². The van der Waals surface area contributed by atoms with Crippen LogP contribution in [0.3, 0.4) is 0 Å². The third-order valence-corrected chi connectivity index (χ3v) is 4.93. The van der Waals surface area contributed by atoms with Gasteiger partial charge in [-0.2, -0.15) is 5.26 Å². The summed E-state index contributed by atoms with van der Waals surface area (Å²) in [7, 11) is -3.51. The van der Waals surface area contributed by atoms with Gasteiger partial charge in [0.2, 0.25) is 0 Å². The van der Waals surface area contributed by atoms with Crippen molar-refractivity contribution in [3.63, 3.8) is 0 Å². The maximum atomic E-state index is 11.6. The lowest BCUT2D eigenvalue weighted by Gasteiger charge is -2.03. The Balaban J connectivity index is 2.30. The smallest absolute Gasteiger partial charge is 0.185 e. The molecule has 2 aromatic carbocycles. The van der Waals surface area contributed by atoms with Gasteiger partial charge in [-0.15, -0.1) is 0 Å². The number of rotatable bonds is 3. The molecule has 116 valence electrons. The molecule has 1 aromatic heterocycles. The molecule has 0 saturated heterocycles. The lowest BCUT2D eigenvalue weighted by molar-refractivity contribution is 0.609. The number of benzene rings is 2. The predicted octanol–water partition coefficient (Wildman–Crippen LogP) is 3.72. The van der Waals surface area contributed by atoms with Crippen molar-refractivity contribution in [2.24, 2.45) is 0 Å². The van der Waals surface area contributed by atoms with Crippen LogP contribution >= 0.6 is 0 Å². The minimum atomic E-state index is -3.51. The number of para-hydroxylation sites is 1. The van der Waals surface area contributed by atoms with Crippen LogP contribution in [-0.2, 0) is 16.4 Å². The maximum absolute atomic E-state index is 11.6. The Morgan fingerprint density at radius 3 is 2.52 bits per heavy atom. The monoisotopic (exact) mass is 324 g/mol. The van der Waals surface area contributed by atoms with Gasteiger partial charge in [0.15, 0.2) is 9.84 Å². The molecule has 1 heterocycles. The molecule has 4 nitrogen and oxygen atoms in total. The van der Waals surface area contributed by atoms with Crippen LogP contribution in [0.25, 0.3) is 27.9 Å². The molecule has 3 rings (SSSR count). The molecule has 0 spiro atoms. The molecule has 0 amide bonds. The molecule has 0 bridgehead atoms. The Kier molecular flexibility index (Phi) is 3.70. The molecule has 0 fully saturated rings. The zero-order valence-corrected chi connectivity index (χ0v) is 13.8. The highest BCUT2D eigenvalue weighted by Crippen LogP contribution is 2.30. The molecule has 3 aromatic rings. The van der Waals surface area contributed by atoms with Crippen molar-refractivity contribution in [2.45, 2.75) is 13.5 Å². The third-order valence-electron chi connectivity index (χ3n) is 3.92. The average Bonchev–Trinajstić information content (AvgIpc) is 2.84. The van der Waals surface area contributed by atoms with Gasteiger partial charge in [0.25, 0.3) is 0 Å². The molecule has 0 aliphatic carbocycles. The van der Waals surface area contributed by atoms with Crippen molar-refractivity contribution in [3.8, 4) is 6.07 Å². The van der Waals surface area contributed by atoms with Crippen LogP contribution in [0.4, 0.5) is 0 Å². The van der Waals surface area contributed by atoms with E-state index in [1.165, 1.54) is 6.08 Å². The molecular weight excluding hydrogens is 308 g/mol. The van der Waals surface area contributed by atoms with Crippen molar-refractivity contribution >= 4 is 37.7 Å². The minimum Gasteiger partial charge on any atom is -0.341 e. The molecular formula is C18H16N2O2S. The summed E-state index contributed by atoms with van der Waals surface area (Å²) >= 11 is 0. The molecule has 0 aliphatic heterocycles. The second kappa shape index (κ2) is 5.56. The molecule has 0 unspecified atom stereocenters. The summed E-state index contributed by atoms with van der Waals surface area (Å²) in [6, 6.07) is 15.6. The Labute approximate surface area is 135 Å². The lowest BCUT2D eigenvalue weighted by Crippen LogP contribution is -1.98. The summed E-state index contributed by atoms with van der Waals surface area (Å²) in [6.07, 6.45) is 2.47. The van der Waals surface area contributed by atoms with E-state index in [4.69, 9.17) is 5.26 Å². The standard InChI is InChI=1S/C18H16N2O2S/c1-3-20-17-7-5-4-6-15(17)16-11-13(8-9-18(16)20)10-14(12-19)23(2,21)22/h4-11H,3H2,1-2H3/b14-10-. The number of sulfone groups is 1. The van der Waals surface area contributed by atoms with E-state index in [1.54, 1.807) is 6.07 Å². The zero-order chi connectivity index (χ0) is 16.6. The Bertz CT molecular complexity index is 1080. The van der Waals surface area contributed by atoms with E-state index in [1.807, 2.05) is 30.3 Å². The van der Waals surface area contributed by atoms with Gasteiger partial charge in [-0.25, -0.2) is 8.42 Å². The summed E-state index contributed by atoms with van der Waals surface area (Å²) in [5.74, 6) is 0. The zero-order valence-electron chi connectivity index (χ0n) is 12.9. The van der Waals surface area contributed by atoms with E-state index >= 15 is 0 Å². The van der Waals surface area contributed by atoms with E-state index in [-0.39, 0.29) is 4.91 Å². The van der Waals surface area contributed by atoms with Gasteiger partial charge in [-0.05, 0) is 36.8 Å². The number of hydrogen-bond acceptors (Lipinski definition) is 3. The van der Waals surface area contributed by atoms with E-state index in [0.29, 0.717) is 5.56 Å². The summed E-state index contributed by atoms with van der Waals surface area (Å²) in [6.45, 7) is 2.95. The molecule has 0 saturated carbocycles. The van der Waals surface area contributed by atoms with Crippen LogP contribution in [0.1, 0.15) is 12.5 Å². The Hall–Kier alpha value is -2.58. The SMILES string of the molecule is CCn1c2ccccc2c2cc(/C=C(/C#N)S(C)(=O)=O)ccc21. The van der Waals surface area contributed by atoms with Crippen molar-refractivity contribution < 1.29 is 8.42 Å². The number of aryl methyl sites for hydroxylation is 1. The largest absolute Gasteiger partial charge is 0.341 e. The molecule has 0 N–H and O–H groups in total. The molecule has 23 heavy (non-hydrogen) atoms. The first-order valence-electron chi connectivity index (χ1n) is 7.28. The van der Waals surface area contributed by atoms with Gasteiger partial charge < -0.3 is 4.57 Å². The fourth-order valence-corrected chi connectivity index (χ4v) is 3.39. The van der Waals surface area contributed by atoms with Crippen LogP contribution in [0.5, 0.6) is 0 Å². The lowest BCUT2D eigenvalue weighted by atomic mass is 10.1. The maximum Gasteiger partial charge on any atom is 0.185 e. The van der Waals surface area contributed by atoms with Crippen LogP contribution in [0.2, 0.25) is 0 Å². The fourth-order valence-electron chi connectivity index (χ4n) is 2.88. The summed E-state index contributed by atoms with van der Waals surface area (Å²) < 4.78 is 25.4. The Morgan fingerprint density at radius 1 is 1.17 bits per heavy atom. The van der Waals surface area contributed by atoms with Crippen LogP contribution in [-0.4, -0.2) is 19.2 Å². The first kappa shape index (κ1) is 15.3. The second-order valence-electron chi connectivity index (χ2n) is 5.43. The van der Waals surface area contributed by atoms with Crippen LogP contribution in [0.15, 0.2) is 47.4 Å². The van der Waals surface area contributed by atoms with Gasteiger partial charge in [-0.1, -0.05) is 24.3 Å². The highest BCUT2D eigenvalue weighted by atomic mass is 32.2. The highest BCUT2D eigenvalue weighted by Gasteiger charge is 2.12. The number of hydrogen-bond donors (Lipinski definition) is 0. The number of nitrogens with zero attached hydrogens (tertiary/aromatic N) is 2. The third kappa shape index (κ3) is 2.62. The van der Waals surface area contributed by atoms with Crippen molar-refractivity contribution in [2.75, 3.05) is 6.26 Å². The number of allylic oxidation sites excluding steroid dienone is 1.